The molecule has 2 unspecified atom stereocenters. The van der Waals surface area contributed by atoms with Gasteiger partial charge < -0.3 is 0 Å². The van der Waals surface area contributed by atoms with E-state index in [0.29, 0.717) is 15.8 Å². The second-order valence-electron chi connectivity index (χ2n) is 3.45. The Morgan fingerprint density at radius 2 is 2.00 bits per heavy atom. The molecule has 78 valence electrons. The van der Waals surface area contributed by atoms with Gasteiger partial charge in [0.2, 0.25) is 0 Å². The quantitative estimate of drug-likeness (QED) is 0.648. The monoisotopic (exact) mass is 294 g/mol. The minimum atomic E-state index is 0.303. The molecule has 0 aliphatic carbocycles. The first-order valence-electron chi connectivity index (χ1n) is 4.65. The van der Waals surface area contributed by atoms with Crippen LogP contribution in [-0.2, 0) is 0 Å². The third-order valence-corrected chi connectivity index (χ3v) is 4.36. The topological polar surface area (TPSA) is 0 Å². The Hall–Kier alpha value is 0.280. The maximum Gasteiger partial charge on any atom is 0.0464 e. The Labute approximate surface area is 104 Å². The molecule has 0 bridgehead atoms. The number of alkyl halides is 1. The Kier molecular flexibility index (Phi) is 4.75. The predicted octanol–water partition coefficient (Wildman–Crippen LogP) is 5.48. The van der Waals surface area contributed by atoms with Crippen molar-refractivity contribution in [3.05, 3.63) is 33.8 Å². The summed E-state index contributed by atoms with van der Waals surface area (Å²) < 4.78 is 0. The summed E-state index contributed by atoms with van der Waals surface area (Å²) in [6, 6.07) is 5.64. The van der Waals surface area contributed by atoms with Gasteiger partial charge in [-0.2, -0.15) is 0 Å². The van der Waals surface area contributed by atoms with Crippen molar-refractivity contribution in [3.63, 3.8) is 0 Å². The zero-order chi connectivity index (χ0) is 10.7. The van der Waals surface area contributed by atoms with Crippen LogP contribution >= 0.6 is 39.1 Å². The standard InChI is InChI=1S/C11H13BrCl2/c1-3-7(2)11(12)9-5-4-8(13)6-10(9)14/h4-7,11H,3H2,1-2H3. The van der Waals surface area contributed by atoms with Gasteiger partial charge in [0.15, 0.2) is 0 Å². The number of hydrogen-bond donors (Lipinski definition) is 0. The molecule has 0 radical (unpaired) electrons. The SMILES string of the molecule is CCC(C)C(Br)c1ccc(Cl)cc1Cl. The highest BCUT2D eigenvalue weighted by molar-refractivity contribution is 9.09. The molecule has 0 heterocycles. The molecular weight excluding hydrogens is 283 g/mol. The van der Waals surface area contributed by atoms with Crippen molar-refractivity contribution < 1.29 is 0 Å². The van der Waals surface area contributed by atoms with E-state index in [-0.39, 0.29) is 0 Å². The summed E-state index contributed by atoms with van der Waals surface area (Å²) in [5, 5.41) is 1.42. The van der Waals surface area contributed by atoms with E-state index in [4.69, 9.17) is 23.2 Å². The predicted molar refractivity (Wildman–Crippen MR) is 67.6 cm³/mol. The molecule has 0 saturated carbocycles. The minimum absolute atomic E-state index is 0.303. The summed E-state index contributed by atoms with van der Waals surface area (Å²) in [4.78, 5) is 0.303. The van der Waals surface area contributed by atoms with Crippen LogP contribution in [0.2, 0.25) is 10.0 Å². The lowest BCUT2D eigenvalue weighted by atomic mass is 9.99. The number of halogens is 3. The molecule has 0 N–H and O–H groups in total. The van der Waals surface area contributed by atoms with Gasteiger partial charge in [-0.05, 0) is 23.6 Å². The zero-order valence-corrected chi connectivity index (χ0v) is 11.3. The molecule has 14 heavy (non-hydrogen) atoms. The molecule has 0 fully saturated rings. The molecule has 1 aromatic carbocycles. The van der Waals surface area contributed by atoms with Crippen molar-refractivity contribution in [2.45, 2.75) is 25.1 Å². The first-order chi connectivity index (χ1) is 6.56. The summed E-state index contributed by atoms with van der Waals surface area (Å²) in [7, 11) is 0. The minimum Gasteiger partial charge on any atom is -0.0843 e. The Morgan fingerprint density at radius 3 is 2.50 bits per heavy atom. The Bertz CT molecular complexity index is 312. The van der Waals surface area contributed by atoms with E-state index < -0.39 is 0 Å². The van der Waals surface area contributed by atoms with Gasteiger partial charge in [-0.25, -0.2) is 0 Å². The van der Waals surface area contributed by atoms with E-state index in [1.807, 2.05) is 12.1 Å². The first-order valence-corrected chi connectivity index (χ1v) is 6.32. The van der Waals surface area contributed by atoms with E-state index in [2.05, 4.69) is 29.8 Å². The van der Waals surface area contributed by atoms with E-state index in [9.17, 15) is 0 Å². The number of hydrogen-bond acceptors (Lipinski definition) is 0. The van der Waals surface area contributed by atoms with Crippen LogP contribution < -0.4 is 0 Å². The summed E-state index contributed by atoms with van der Waals surface area (Å²) in [6.07, 6.45) is 1.12. The molecule has 1 aromatic rings. The maximum atomic E-state index is 6.11. The molecule has 3 heteroatoms. The molecule has 1 rings (SSSR count). The van der Waals surface area contributed by atoms with Crippen LogP contribution in [0.3, 0.4) is 0 Å². The second-order valence-corrected chi connectivity index (χ2v) is 5.28. The third-order valence-electron chi connectivity index (χ3n) is 2.40. The highest BCUT2D eigenvalue weighted by Crippen LogP contribution is 2.37. The van der Waals surface area contributed by atoms with Crippen molar-refractivity contribution >= 4 is 39.1 Å². The lowest BCUT2D eigenvalue weighted by Crippen LogP contribution is -2.02. The van der Waals surface area contributed by atoms with E-state index in [1.165, 1.54) is 0 Å². The van der Waals surface area contributed by atoms with Crippen molar-refractivity contribution in [1.82, 2.24) is 0 Å². The van der Waals surface area contributed by atoms with Gasteiger partial charge in [-0.3, -0.25) is 0 Å². The summed E-state index contributed by atoms with van der Waals surface area (Å²) in [6.45, 7) is 4.37. The molecular formula is C11H13BrCl2. The number of rotatable bonds is 3. The molecule has 0 spiro atoms. The highest BCUT2D eigenvalue weighted by Gasteiger charge is 2.17. The molecule has 0 aliphatic heterocycles. The fourth-order valence-electron chi connectivity index (χ4n) is 1.24. The van der Waals surface area contributed by atoms with Gasteiger partial charge in [0.1, 0.15) is 0 Å². The summed E-state index contributed by atoms with van der Waals surface area (Å²) in [5.41, 5.74) is 1.12. The zero-order valence-electron chi connectivity index (χ0n) is 8.23. The van der Waals surface area contributed by atoms with Crippen molar-refractivity contribution in [1.29, 1.82) is 0 Å². The van der Waals surface area contributed by atoms with Crippen LogP contribution in [0.25, 0.3) is 0 Å². The smallest absolute Gasteiger partial charge is 0.0464 e. The molecule has 2 atom stereocenters. The summed E-state index contributed by atoms with van der Waals surface area (Å²) in [5.74, 6) is 0.564. The summed E-state index contributed by atoms with van der Waals surface area (Å²) >= 11 is 15.6. The second kappa shape index (κ2) is 5.39. The average molecular weight is 296 g/mol. The van der Waals surface area contributed by atoms with Gasteiger partial charge in [0.05, 0.1) is 0 Å². The first kappa shape index (κ1) is 12.4. The maximum absolute atomic E-state index is 6.11. The van der Waals surface area contributed by atoms with Crippen LogP contribution in [0, 0.1) is 5.92 Å². The Balaban J connectivity index is 2.95. The van der Waals surface area contributed by atoms with Gasteiger partial charge >= 0.3 is 0 Å². The molecule has 0 aliphatic rings. The largest absolute Gasteiger partial charge is 0.0843 e. The van der Waals surface area contributed by atoms with Crippen LogP contribution in [-0.4, -0.2) is 0 Å². The average Bonchev–Trinajstić information content (AvgIpc) is 2.15. The highest BCUT2D eigenvalue weighted by atomic mass is 79.9. The lowest BCUT2D eigenvalue weighted by Gasteiger charge is -2.18. The van der Waals surface area contributed by atoms with E-state index >= 15 is 0 Å². The normalized spacial score (nSPS) is 15.2. The van der Waals surface area contributed by atoms with E-state index in [0.717, 1.165) is 17.0 Å². The van der Waals surface area contributed by atoms with Crippen molar-refractivity contribution in [2.75, 3.05) is 0 Å². The molecule has 0 nitrogen and oxygen atoms in total. The molecule has 0 aromatic heterocycles. The van der Waals surface area contributed by atoms with Gasteiger partial charge in [-0.1, -0.05) is 65.5 Å². The van der Waals surface area contributed by atoms with Crippen LogP contribution in [0.15, 0.2) is 18.2 Å². The van der Waals surface area contributed by atoms with Crippen LogP contribution in [0.1, 0.15) is 30.7 Å². The van der Waals surface area contributed by atoms with E-state index in [1.54, 1.807) is 6.07 Å². The van der Waals surface area contributed by atoms with Crippen LogP contribution in [0.5, 0.6) is 0 Å². The Morgan fingerprint density at radius 1 is 1.36 bits per heavy atom. The van der Waals surface area contributed by atoms with Crippen molar-refractivity contribution in [2.24, 2.45) is 5.92 Å². The van der Waals surface area contributed by atoms with Crippen molar-refractivity contribution in [3.8, 4) is 0 Å². The van der Waals surface area contributed by atoms with Gasteiger partial charge in [0.25, 0.3) is 0 Å². The van der Waals surface area contributed by atoms with Gasteiger partial charge in [-0.15, -0.1) is 0 Å². The lowest BCUT2D eigenvalue weighted by molar-refractivity contribution is 0.556. The van der Waals surface area contributed by atoms with Gasteiger partial charge in [0, 0.05) is 14.9 Å². The molecule has 0 saturated heterocycles. The fraction of sp³-hybridized carbons (Fsp3) is 0.455. The fourth-order valence-corrected chi connectivity index (χ4v) is 2.67. The molecule has 0 amide bonds. The number of benzene rings is 1. The third kappa shape index (κ3) is 2.88. The van der Waals surface area contributed by atoms with Crippen LogP contribution in [0.4, 0.5) is 0 Å².